The third-order valence-electron chi connectivity index (χ3n) is 5.69. The second kappa shape index (κ2) is 8.60. The van der Waals surface area contributed by atoms with Crippen LogP contribution in [0.1, 0.15) is 40.2 Å². The van der Waals surface area contributed by atoms with Crippen LogP contribution < -0.4 is 14.8 Å². The molecule has 30 heavy (non-hydrogen) atoms. The molecule has 2 aliphatic rings. The predicted molar refractivity (Wildman–Crippen MR) is 117 cm³/mol. The van der Waals surface area contributed by atoms with E-state index >= 15 is 0 Å². The number of ether oxygens (including phenoxy) is 2. The van der Waals surface area contributed by atoms with E-state index in [1.807, 2.05) is 37.3 Å². The van der Waals surface area contributed by atoms with Crippen LogP contribution in [-0.4, -0.2) is 48.8 Å². The Morgan fingerprint density at radius 2 is 1.97 bits per heavy atom. The van der Waals surface area contributed by atoms with Gasteiger partial charge in [0.05, 0.1) is 19.8 Å². The second-order valence-corrected chi connectivity index (χ2v) is 8.73. The average molecular weight is 427 g/mol. The maximum atomic E-state index is 13.2. The standard InChI is InChI=1S/C23H26N2O4S/c1-14(9-10-15-7-5-4-6-8-15)24-21(26)17-13-30-23-16-11-12-18(28-2)20(29-3)19(16)22(27)25(17)23/h4-8,11-12,14,17,23H,9-10,13H2,1-3H3,(H,24,26)/t14-,17+,23-/m0/s1. The van der Waals surface area contributed by atoms with Crippen LogP contribution >= 0.6 is 11.8 Å². The molecule has 1 saturated heterocycles. The molecular formula is C23H26N2O4S. The zero-order chi connectivity index (χ0) is 21.3. The van der Waals surface area contributed by atoms with Crippen LogP contribution in [-0.2, 0) is 11.2 Å². The van der Waals surface area contributed by atoms with E-state index in [-0.39, 0.29) is 23.2 Å². The summed E-state index contributed by atoms with van der Waals surface area (Å²) in [7, 11) is 3.08. The number of benzene rings is 2. The minimum Gasteiger partial charge on any atom is -0.493 e. The fraction of sp³-hybridized carbons (Fsp3) is 0.391. The van der Waals surface area contributed by atoms with Gasteiger partial charge in [-0.1, -0.05) is 36.4 Å². The highest BCUT2D eigenvalue weighted by atomic mass is 32.2. The van der Waals surface area contributed by atoms with Gasteiger partial charge in [-0.05, 0) is 31.4 Å². The van der Waals surface area contributed by atoms with Gasteiger partial charge in [0.15, 0.2) is 11.5 Å². The van der Waals surface area contributed by atoms with Crippen molar-refractivity contribution in [3.05, 3.63) is 59.2 Å². The number of hydrogen-bond donors (Lipinski definition) is 1. The summed E-state index contributed by atoms with van der Waals surface area (Å²) in [5, 5.41) is 2.94. The molecule has 2 aliphatic heterocycles. The molecular weight excluding hydrogens is 400 g/mol. The molecule has 4 rings (SSSR count). The average Bonchev–Trinajstić information content (AvgIpc) is 3.32. The summed E-state index contributed by atoms with van der Waals surface area (Å²) in [4.78, 5) is 27.9. The first-order valence-electron chi connectivity index (χ1n) is 10.1. The molecule has 0 aliphatic carbocycles. The maximum absolute atomic E-state index is 13.2. The number of hydrogen-bond acceptors (Lipinski definition) is 5. The molecule has 0 unspecified atom stereocenters. The summed E-state index contributed by atoms with van der Waals surface area (Å²) in [6, 6.07) is 13.5. The van der Waals surface area contributed by atoms with E-state index in [0.717, 1.165) is 18.4 Å². The van der Waals surface area contributed by atoms with Gasteiger partial charge < -0.3 is 19.7 Å². The SMILES string of the molecule is COc1ccc2c(c1OC)C(=O)N1[C@@H](C(=O)N[C@@H](C)CCc3ccccc3)CS[C@@H]21. The molecule has 2 aromatic rings. The quantitative estimate of drug-likeness (QED) is 0.735. The van der Waals surface area contributed by atoms with Gasteiger partial charge in [0, 0.05) is 17.4 Å². The number of aryl methyl sites for hydroxylation is 1. The van der Waals surface area contributed by atoms with Crippen molar-refractivity contribution in [3.8, 4) is 11.5 Å². The Hall–Kier alpha value is -2.67. The number of nitrogens with zero attached hydrogens (tertiary/aromatic N) is 1. The Kier molecular flexibility index (Phi) is 5.90. The minimum atomic E-state index is -0.491. The van der Waals surface area contributed by atoms with Crippen molar-refractivity contribution in [1.82, 2.24) is 10.2 Å². The minimum absolute atomic E-state index is 0.0245. The van der Waals surface area contributed by atoms with Gasteiger partial charge in [-0.15, -0.1) is 11.8 Å². The topological polar surface area (TPSA) is 67.9 Å². The van der Waals surface area contributed by atoms with Crippen LogP contribution in [0.4, 0.5) is 0 Å². The highest BCUT2D eigenvalue weighted by Crippen LogP contribution is 2.52. The van der Waals surface area contributed by atoms with E-state index in [2.05, 4.69) is 17.4 Å². The molecule has 0 bridgehead atoms. The monoisotopic (exact) mass is 426 g/mol. The lowest BCUT2D eigenvalue weighted by molar-refractivity contribution is -0.125. The summed E-state index contributed by atoms with van der Waals surface area (Å²) < 4.78 is 10.8. The van der Waals surface area contributed by atoms with Gasteiger partial charge in [-0.2, -0.15) is 0 Å². The first-order valence-corrected chi connectivity index (χ1v) is 11.1. The summed E-state index contributed by atoms with van der Waals surface area (Å²) in [6.07, 6.45) is 1.74. The van der Waals surface area contributed by atoms with E-state index < -0.39 is 6.04 Å². The van der Waals surface area contributed by atoms with Gasteiger partial charge in [0.2, 0.25) is 5.91 Å². The largest absolute Gasteiger partial charge is 0.493 e. The summed E-state index contributed by atoms with van der Waals surface area (Å²) >= 11 is 1.61. The number of nitrogens with one attached hydrogen (secondary N) is 1. The zero-order valence-corrected chi connectivity index (χ0v) is 18.2. The molecule has 158 valence electrons. The van der Waals surface area contributed by atoms with Crippen LogP contribution in [0.3, 0.4) is 0 Å². The van der Waals surface area contributed by atoms with E-state index in [4.69, 9.17) is 9.47 Å². The fourth-order valence-corrected chi connectivity index (χ4v) is 5.59. The number of rotatable bonds is 7. The van der Waals surface area contributed by atoms with Crippen molar-refractivity contribution in [2.75, 3.05) is 20.0 Å². The first-order chi connectivity index (χ1) is 14.5. The second-order valence-electron chi connectivity index (χ2n) is 7.61. The molecule has 2 heterocycles. The Labute approximate surface area is 180 Å². The van der Waals surface area contributed by atoms with Gasteiger partial charge in [-0.25, -0.2) is 0 Å². The number of amides is 2. The van der Waals surface area contributed by atoms with Crippen molar-refractivity contribution in [2.45, 2.75) is 37.2 Å². The Balaban J connectivity index is 1.45. The number of thioether (sulfide) groups is 1. The molecule has 3 atom stereocenters. The zero-order valence-electron chi connectivity index (χ0n) is 17.4. The highest BCUT2D eigenvalue weighted by Gasteiger charge is 2.50. The molecule has 0 aromatic heterocycles. The third-order valence-corrected chi connectivity index (χ3v) is 7.00. The molecule has 0 spiro atoms. The Bertz CT molecular complexity index is 950. The molecule has 6 nitrogen and oxygen atoms in total. The van der Waals surface area contributed by atoms with Crippen LogP contribution in [0.2, 0.25) is 0 Å². The highest BCUT2D eigenvalue weighted by molar-refractivity contribution is 7.99. The van der Waals surface area contributed by atoms with Gasteiger partial charge >= 0.3 is 0 Å². The van der Waals surface area contributed by atoms with Crippen molar-refractivity contribution in [1.29, 1.82) is 0 Å². The number of carbonyl (C=O) groups excluding carboxylic acids is 2. The van der Waals surface area contributed by atoms with E-state index in [0.29, 0.717) is 22.8 Å². The van der Waals surface area contributed by atoms with Gasteiger partial charge in [0.1, 0.15) is 11.4 Å². The molecule has 2 aromatic carbocycles. The summed E-state index contributed by atoms with van der Waals surface area (Å²) in [5.41, 5.74) is 2.64. The first kappa shape index (κ1) is 20.6. The van der Waals surface area contributed by atoms with E-state index in [9.17, 15) is 9.59 Å². The van der Waals surface area contributed by atoms with Gasteiger partial charge in [-0.3, -0.25) is 9.59 Å². The van der Waals surface area contributed by atoms with E-state index in [1.165, 1.54) is 12.7 Å². The van der Waals surface area contributed by atoms with Crippen molar-refractivity contribution < 1.29 is 19.1 Å². The Morgan fingerprint density at radius 1 is 1.20 bits per heavy atom. The summed E-state index contributed by atoms with van der Waals surface area (Å²) in [6.45, 7) is 2.01. The van der Waals surface area contributed by atoms with Crippen LogP contribution in [0.5, 0.6) is 11.5 Å². The maximum Gasteiger partial charge on any atom is 0.260 e. The summed E-state index contributed by atoms with van der Waals surface area (Å²) in [5.74, 6) is 1.27. The molecule has 1 N–H and O–H groups in total. The van der Waals surface area contributed by atoms with Crippen molar-refractivity contribution >= 4 is 23.6 Å². The van der Waals surface area contributed by atoms with Crippen LogP contribution in [0.25, 0.3) is 0 Å². The number of fused-ring (bicyclic) bond motifs is 3. The van der Waals surface area contributed by atoms with Crippen molar-refractivity contribution in [2.24, 2.45) is 0 Å². The Morgan fingerprint density at radius 3 is 2.67 bits per heavy atom. The number of methoxy groups -OCH3 is 2. The molecule has 0 radical (unpaired) electrons. The van der Waals surface area contributed by atoms with E-state index in [1.54, 1.807) is 23.8 Å². The van der Waals surface area contributed by atoms with Crippen LogP contribution in [0.15, 0.2) is 42.5 Å². The lowest BCUT2D eigenvalue weighted by Gasteiger charge is -2.24. The molecule has 2 amide bonds. The third kappa shape index (κ3) is 3.62. The molecule has 0 saturated carbocycles. The lowest BCUT2D eigenvalue weighted by atomic mass is 10.1. The number of carbonyl (C=O) groups is 2. The smallest absolute Gasteiger partial charge is 0.260 e. The lowest BCUT2D eigenvalue weighted by Crippen LogP contribution is -2.48. The molecule has 7 heteroatoms. The predicted octanol–water partition coefficient (Wildman–Crippen LogP) is 3.41. The normalized spacial score (nSPS) is 20.5. The fourth-order valence-electron chi connectivity index (χ4n) is 4.13. The molecule has 1 fully saturated rings. The van der Waals surface area contributed by atoms with Crippen molar-refractivity contribution in [3.63, 3.8) is 0 Å². The van der Waals surface area contributed by atoms with Crippen LogP contribution in [0, 0.1) is 0 Å². The van der Waals surface area contributed by atoms with Gasteiger partial charge in [0.25, 0.3) is 5.91 Å².